The highest BCUT2D eigenvalue weighted by Crippen LogP contribution is 2.38. The molecule has 1 N–H and O–H groups in total. The van der Waals surface area contributed by atoms with Gasteiger partial charge in [-0.15, -0.1) is 0 Å². The molecular formula is C19H20FNO4S2. The zero-order valence-corrected chi connectivity index (χ0v) is 16.6. The van der Waals surface area contributed by atoms with Crippen LogP contribution >= 0.6 is 11.8 Å². The van der Waals surface area contributed by atoms with Crippen molar-refractivity contribution in [2.24, 2.45) is 0 Å². The van der Waals surface area contributed by atoms with Crippen LogP contribution in [0.15, 0.2) is 53.4 Å². The third-order valence-electron chi connectivity index (χ3n) is 4.61. The second-order valence-electron chi connectivity index (χ2n) is 6.81. The lowest BCUT2D eigenvalue weighted by molar-refractivity contribution is -0.142. The fraction of sp³-hybridized carbons (Fsp3) is 0.316. The Morgan fingerprint density at radius 1 is 1.19 bits per heavy atom. The van der Waals surface area contributed by atoms with Crippen LogP contribution in [0.5, 0.6) is 0 Å². The molecule has 1 atom stereocenters. The molecule has 1 fully saturated rings. The third-order valence-corrected chi connectivity index (χ3v) is 7.84. The van der Waals surface area contributed by atoms with Gasteiger partial charge < -0.3 is 5.11 Å². The Balaban J connectivity index is 1.97. The predicted molar refractivity (Wildman–Crippen MR) is 104 cm³/mol. The van der Waals surface area contributed by atoms with Crippen LogP contribution in [0.4, 0.5) is 4.39 Å². The van der Waals surface area contributed by atoms with Gasteiger partial charge in [0.05, 0.1) is 4.90 Å². The molecule has 1 aliphatic rings. The predicted octanol–water partition coefficient (Wildman–Crippen LogP) is 3.46. The van der Waals surface area contributed by atoms with E-state index in [4.69, 9.17) is 0 Å². The largest absolute Gasteiger partial charge is 0.480 e. The highest BCUT2D eigenvalue weighted by molar-refractivity contribution is 8.00. The van der Waals surface area contributed by atoms with E-state index in [0.717, 1.165) is 4.31 Å². The maximum Gasteiger partial charge on any atom is 0.323 e. The number of benzene rings is 2. The Morgan fingerprint density at radius 3 is 2.41 bits per heavy atom. The number of thioether (sulfide) groups is 1. The van der Waals surface area contributed by atoms with Crippen LogP contribution < -0.4 is 0 Å². The first kappa shape index (κ1) is 19.9. The lowest BCUT2D eigenvalue weighted by Crippen LogP contribution is -2.58. The van der Waals surface area contributed by atoms with Gasteiger partial charge in [-0.1, -0.05) is 30.3 Å². The van der Waals surface area contributed by atoms with Crippen molar-refractivity contribution in [3.8, 4) is 11.1 Å². The maximum absolute atomic E-state index is 13.9. The highest BCUT2D eigenvalue weighted by atomic mass is 32.2. The molecule has 8 heteroatoms. The normalized spacial score (nSPS) is 20.3. The minimum absolute atomic E-state index is 0.00320. The van der Waals surface area contributed by atoms with E-state index in [2.05, 4.69) is 0 Å². The third kappa shape index (κ3) is 3.74. The number of hydrogen-bond donors (Lipinski definition) is 1. The van der Waals surface area contributed by atoms with Gasteiger partial charge >= 0.3 is 5.97 Å². The molecule has 0 spiro atoms. The van der Waals surface area contributed by atoms with Gasteiger partial charge in [0.15, 0.2) is 0 Å². The molecule has 0 amide bonds. The molecule has 0 radical (unpaired) electrons. The number of sulfonamides is 1. The molecule has 1 heterocycles. The maximum atomic E-state index is 13.9. The summed E-state index contributed by atoms with van der Waals surface area (Å²) in [5, 5.41) is 9.62. The molecule has 0 unspecified atom stereocenters. The monoisotopic (exact) mass is 409 g/mol. The molecule has 2 aromatic rings. The first-order chi connectivity index (χ1) is 12.6. The molecule has 0 aliphatic carbocycles. The van der Waals surface area contributed by atoms with E-state index in [0.29, 0.717) is 16.9 Å². The Bertz CT molecular complexity index is 958. The topological polar surface area (TPSA) is 74.7 Å². The number of aliphatic carboxylic acids is 1. The lowest BCUT2D eigenvalue weighted by atomic mass is 10.0. The molecule has 0 aromatic heterocycles. The van der Waals surface area contributed by atoms with E-state index in [9.17, 15) is 22.7 Å². The summed E-state index contributed by atoms with van der Waals surface area (Å²) >= 11 is 1.44. The van der Waals surface area contributed by atoms with E-state index in [1.165, 1.54) is 42.1 Å². The van der Waals surface area contributed by atoms with Crippen LogP contribution in [0, 0.1) is 5.82 Å². The molecule has 144 valence electrons. The number of carboxylic acids is 1. The molecule has 1 saturated heterocycles. The fourth-order valence-electron chi connectivity index (χ4n) is 3.27. The summed E-state index contributed by atoms with van der Waals surface area (Å²) in [5.41, 5.74) is 0.928. The summed E-state index contributed by atoms with van der Waals surface area (Å²) in [6.45, 7) is 3.60. The molecule has 2 aromatic carbocycles. The molecular weight excluding hydrogens is 389 g/mol. The average Bonchev–Trinajstić information content (AvgIpc) is 2.61. The summed E-state index contributed by atoms with van der Waals surface area (Å²) in [4.78, 5) is 11.8. The second-order valence-corrected chi connectivity index (χ2v) is 10.5. The zero-order chi connectivity index (χ0) is 19.8. The summed E-state index contributed by atoms with van der Waals surface area (Å²) in [5.74, 6) is -1.05. The van der Waals surface area contributed by atoms with Crippen molar-refractivity contribution in [1.29, 1.82) is 0 Å². The van der Waals surface area contributed by atoms with E-state index in [1.54, 1.807) is 32.0 Å². The number of carboxylic acid groups (broad SMARTS) is 1. The smallest absolute Gasteiger partial charge is 0.323 e. The molecule has 27 heavy (non-hydrogen) atoms. The number of hydrogen-bond acceptors (Lipinski definition) is 4. The summed E-state index contributed by atoms with van der Waals surface area (Å²) in [7, 11) is -3.99. The highest BCUT2D eigenvalue weighted by Gasteiger charge is 2.48. The Hall–Kier alpha value is -1.90. The molecule has 0 saturated carbocycles. The molecule has 0 bridgehead atoms. The summed E-state index contributed by atoms with van der Waals surface area (Å²) in [6, 6.07) is 10.9. The average molecular weight is 410 g/mol. The van der Waals surface area contributed by atoms with Crippen LogP contribution in [0.25, 0.3) is 11.1 Å². The van der Waals surface area contributed by atoms with Crippen molar-refractivity contribution in [3.05, 3.63) is 54.3 Å². The molecule has 3 rings (SSSR count). The van der Waals surface area contributed by atoms with Crippen molar-refractivity contribution in [2.75, 3.05) is 12.3 Å². The minimum Gasteiger partial charge on any atom is -0.480 e. The van der Waals surface area contributed by atoms with E-state index < -0.39 is 32.6 Å². The number of nitrogens with zero attached hydrogens (tertiary/aromatic N) is 1. The number of carbonyl (C=O) groups is 1. The fourth-order valence-corrected chi connectivity index (χ4v) is 6.37. The van der Waals surface area contributed by atoms with Crippen molar-refractivity contribution in [3.63, 3.8) is 0 Å². The van der Waals surface area contributed by atoms with Crippen LogP contribution in [-0.2, 0) is 14.8 Å². The quantitative estimate of drug-likeness (QED) is 0.837. The van der Waals surface area contributed by atoms with Crippen LogP contribution in [0.1, 0.15) is 13.8 Å². The van der Waals surface area contributed by atoms with Crippen LogP contribution in [0.2, 0.25) is 0 Å². The lowest BCUT2D eigenvalue weighted by Gasteiger charge is -2.42. The Labute approximate surface area is 162 Å². The molecule has 5 nitrogen and oxygen atoms in total. The van der Waals surface area contributed by atoms with E-state index in [-0.39, 0.29) is 11.4 Å². The van der Waals surface area contributed by atoms with Gasteiger partial charge in [-0.25, -0.2) is 12.8 Å². The van der Waals surface area contributed by atoms with Crippen molar-refractivity contribution < 1.29 is 22.7 Å². The zero-order valence-electron chi connectivity index (χ0n) is 14.9. The van der Waals surface area contributed by atoms with Gasteiger partial charge in [0.25, 0.3) is 0 Å². The van der Waals surface area contributed by atoms with Crippen molar-refractivity contribution >= 4 is 27.8 Å². The SMILES string of the molecule is CC1(C)SCCN(S(=O)(=O)c2ccc(-c3ccccc3F)cc2)[C@H]1C(=O)O. The second kappa shape index (κ2) is 7.26. The van der Waals surface area contributed by atoms with Gasteiger partial charge in [0.2, 0.25) is 10.0 Å². The van der Waals surface area contributed by atoms with E-state index in [1.807, 2.05) is 0 Å². The molecule has 1 aliphatic heterocycles. The van der Waals surface area contributed by atoms with E-state index >= 15 is 0 Å². The Morgan fingerprint density at radius 2 is 1.81 bits per heavy atom. The van der Waals surface area contributed by atoms with Gasteiger partial charge in [-0.2, -0.15) is 16.1 Å². The van der Waals surface area contributed by atoms with Gasteiger partial charge in [-0.3, -0.25) is 4.79 Å². The first-order valence-corrected chi connectivity index (χ1v) is 10.8. The van der Waals surface area contributed by atoms with Gasteiger partial charge in [0, 0.05) is 22.6 Å². The van der Waals surface area contributed by atoms with Crippen molar-refractivity contribution in [2.45, 2.75) is 29.5 Å². The van der Waals surface area contributed by atoms with Gasteiger partial charge in [-0.05, 0) is 37.6 Å². The van der Waals surface area contributed by atoms with Crippen molar-refractivity contribution in [1.82, 2.24) is 4.31 Å². The van der Waals surface area contributed by atoms with Gasteiger partial charge in [0.1, 0.15) is 11.9 Å². The van der Waals surface area contributed by atoms with Crippen LogP contribution in [0.3, 0.4) is 0 Å². The number of rotatable bonds is 4. The van der Waals surface area contributed by atoms with Crippen LogP contribution in [-0.4, -0.2) is 46.9 Å². The number of halogens is 1. The summed E-state index contributed by atoms with van der Waals surface area (Å²) < 4.78 is 40.4. The standard InChI is InChI=1S/C19H20FNO4S2/c1-19(2)17(18(22)23)21(11-12-26-19)27(24,25)14-9-7-13(8-10-14)15-5-3-4-6-16(15)20/h3-10,17H,11-12H2,1-2H3,(H,22,23)/t17-/m0/s1. The minimum atomic E-state index is -3.99. The Kier molecular flexibility index (Phi) is 5.33. The summed E-state index contributed by atoms with van der Waals surface area (Å²) in [6.07, 6.45) is 0. The first-order valence-electron chi connectivity index (χ1n) is 8.38.